The van der Waals surface area contributed by atoms with Crippen LogP contribution in [0.1, 0.15) is 12.1 Å². The van der Waals surface area contributed by atoms with Crippen LogP contribution in [0.3, 0.4) is 0 Å². The summed E-state index contributed by atoms with van der Waals surface area (Å²) < 4.78 is 0. The summed E-state index contributed by atoms with van der Waals surface area (Å²) in [4.78, 5) is 7.79. The fourth-order valence-electron chi connectivity index (χ4n) is 0.740. The summed E-state index contributed by atoms with van der Waals surface area (Å²) in [6.07, 6.45) is 8.63. The molecule has 4 nitrogen and oxygen atoms in total. The number of rotatable bonds is 3. The third kappa shape index (κ3) is 2.80. The van der Waals surface area contributed by atoms with E-state index >= 15 is 0 Å². The zero-order valence-corrected chi connectivity index (χ0v) is 6.99. The molecule has 0 spiro atoms. The van der Waals surface area contributed by atoms with Gasteiger partial charge in [-0.1, -0.05) is 0 Å². The third-order valence-corrected chi connectivity index (χ3v) is 1.34. The van der Waals surface area contributed by atoms with Crippen molar-refractivity contribution in [2.45, 2.75) is 6.42 Å². The molecule has 0 saturated carbocycles. The van der Waals surface area contributed by atoms with Crippen LogP contribution in [0.2, 0.25) is 0 Å². The molecule has 1 rings (SSSR count). The highest BCUT2D eigenvalue weighted by Gasteiger charge is 1.93. The van der Waals surface area contributed by atoms with E-state index in [0.717, 1.165) is 0 Å². The molecule has 0 amide bonds. The quantitative estimate of drug-likeness (QED) is 0.540. The number of nitrogens with zero attached hydrogens (tertiary/aromatic N) is 3. The number of hydrogen-bond acceptors (Lipinski definition) is 4. The Morgan fingerprint density at radius 2 is 2.31 bits per heavy atom. The van der Waals surface area contributed by atoms with Crippen molar-refractivity contribution in [2.24, 2.45) is 0 Å². The maximum absolute atomic E-state index is 8.44. The molecule has 0 saturated heterocycles. The fraction of sp³-hybridized carbons (Fsp3) is 0.222. The predicted molar refractivity (Wildman–Crippen MR) is 48.7 cm³/mol. The number of nitriles is 1. The van der Waals surface area contributed by atoms with E-state index < -0.39 is 0 Å². The molecule has 4 heteroatoms. The molecule has 0 unspecified atom stereocenters. The summed E-state index contributed by atoms with van der Waals surface area (Å²) in [5.41, 5.74) is 0.308. The standard InChI is InChI=1S/C9H8N4/c1-2-3-4-11-9-7-12-8(5-10)6-13-9/h1,6-7H,3-4H2,(H,11,13). The van der Waals surface area contributed by atoms with Gasteiger partial charge in [0.1, 0.15) is 11.9 Å². The van der Waals surface area contributed by atoms with Gasteiger partial charge in [-0.15, -0.1) is 12.3 Å². The van der Waals surface area contributed by atoms with Gasteiger partial charge in [0.25, 0.3) is 0 Å². The van der Waals surface area contributed by atoms with Crippen LogP contribution in [-0.4, -0.2) is 16.5 Å². The van der Waals surface area contributed by atoms with E-state index in [4.69, 9.17) is 11.7 Å². The summed E-state index contributed by atoms with van der Waals surface area (Å²) in [5, 5.41) is 11.4. The highest BCUT2D eigenvalue weighted by Crippen LogP contribution is 1.99. The second-order valence-corrected chi connectivity index (χ2v) is 2.28. The molecular weight excluding hydrogens is 164 g/mol. The van der Waals surface area contributed by atoms with Gasteiger partial charge in [0.2, 0.25) is 0 Å². The molecule has 0 radical (unpaired) electrons. The predicted octanol–water partition coefficient (Wildman–Crippen LogP) is 0.783. The van der Waals surface area contributed by atoms with Crippen LogP contribution < -0.4 is 5.32 Å². The molecule has 1 N–H and O–H groups in total. The van der Waals surface area contributed by atoms with Crippen LogP contribution >= 0.6 is 0 Å². The summed E-state index contributed by atoms with van der Waals surface area (Å²) in [6, 6.07) is 1.89. The Labute approximate surface area is 76.6 Å². The summed E-state index contributed by atoms with van der Waals surface area (Å²) in [7, 11) is 0. The van der Waals surface area contributed by atoms with Crippen LogP contribution in [-0.2, 0) is 0 Å². The molecule has 0 atom stereocenters. The van der Waals surface area contributed by atoms with Gasteiger partial charge in [0.05, 0.1) is 12.4 Å². The number of hydrogen-bond donors (Lipinski definition) is 1. The average molecular weight is 172 g/mol. The van der Waals surface area contributed by atoms with Crippen molar-refractivity contribution in [3.63, 3.8) is 0 Å². The van der Waals surface area contributed by atoms with Crippen LogP contribution in [0.25, 0.3) is 0 Å². The zero-order valence-electron chi connectivity index (χ0n) is 6.99. The Hall–Kier alpha value is -2.07. The highest BCUT2D eigenvalue weighted by molar-refractivity contribution is 5.33. The minimum Gasteiger partial charge on any atom is -0.368 e. The molecule has 0 aliphatic rings. The molecule has 13 heavy (non-hydrogen) atoms. The van der Waals surface area contributed by atoms with Crippen LogP contribution in [0, 0.1) is 23.7 Å². The second-order valence-electron chi connectivity index (χ2n) is 2.28. The van der Waals surface area contributed by atoms with Gasteiger partial charge in [-0.25, -0.2) is 9.97 Å². The van der Waals surface area contributed by atoms with Crippen molar-refractivity contribution >= 4 is 5.82 Å². The monoisotopic (exact) mass is 172 g/mol. The molecule has 1 aromatic heterocycles. The van der Waals surface area contributed by atoms with Gasteiger partial charge >= 0.3 is 0 Å². The Balaban J connectivity index is 2.52. The SMILES string of the molecule is C#CCCNc1cnc(C#N)cn1. The maximum Gasteiger partial charge on any atom is 0.158 e. The normalized spacial score (nSPS) is 8.46. The Morgan fingerprint density at radius 3 is 2.85 bits per heavy atom. The molecule has 0 bridgehead atoms. The number of nitrogens with one attached hydrogen (secondary N) is 1. The Bertz CT molecular complexity index is 341. The van der Waals surface area contributed by atoms with E-state index in [1.54, 1.807) is 0 Å². The Morgan fingerprint density at radius 1 is 1.46 bits per heavy atom. The molecule has 1 heterocycles. The lowest BCUT2D eigenvalue weighted by molar-refractivity contribution is 1.05. The molecule has 0 aromatic carbocycles. The van der Waals surface area contributed by atoms with E-state index in [0.29, 0.717) is 24.5 Å². The van der Waals surface area contributed by atoms with Crippen molar-refractivity contribution in [1.82, 2.24) is 9.97 Å². The Kier molecular flexibility index (Phi) is 3.29. The van der Waals surface area contributed by atoms with Crippen molar-refractivity contribution < 1.29 is 0 Å². The first-order valence-corrected chi connectivity index (χ1v) is 3.76. The lowest BCUT2D eigenvalue weighted by Gasteiger charge is -2.00. The molecule has 1 aromatic rings. The van der Waals surface area contributed by atoms with Crippen LogP contribution in [0.15, 0.2) is 12.4 Å². The van der Waals surface area contributed by atoms with Crippen LogP contribution in [0.4, 0.5) is 5.82 Å². The largest absolute Gasteiger partial charge is 0.368 e. The number of aromatic nitrogens is 2. The topological polar surface area (TPSA) is 61.6 Å². The van der Waals surface area contributed by atoms with E-state index in [1.165, 1.54) is 12.4 Å². The van der Waals surface area contributed by atoms with E-state index in [-0.39, 0.29) is 0 Å². The molecular formula is C9H8N4. The first-order valence-electron chi connectivity index (χ1n) is 3.76. The van der Waals surface area contributed by atoms with E-state index in [9.17, 15) is 0 Å². The average Bonchev–Trinajstić information content (AvgIpc) is 2.19. The van der Waals surface area contributed by atoms with Gasteiger partial charge < -0.3 is 5.32 Å². The molecule has 0 aliphatic heterocycles. The summed E-state index contributed by atoms with van der Waals surface area (Å²) >= 11 is 0. The van der Waals surface area contributed by atoms with Crippen molar-refractivity contribution in [3.05, 3.63) is 18.1 Å². The molecule has 0 fully saturated rings. The summed E-state index contributed by atoms with van der Waals surface area (Å²) in [5.74, 6) is 3.13. The minimum atomic E-state index is 0.308. The van der Waals surface area contributed by atoms with Gasteiger partial charge in [0.15, 0.2) is 5.69 Å². The lowest BCUT2D eigenvalue weighted by Crippen LogP contribution is -2.02. The molecule has 0 aliphatic carbocycles. The number of anilines is 1. The third-order valence-electron chi connectivity index (χ3n) is 1.34. The first-order chi connectivity index (χ1) is 6.36. The van der Waals surface area contributed by atoms with Gasteiger partial charge in [-0.2, -0.15) is 5.26 Å². The first kappa shape index (κ1) is 9.02. The van der Waals surface area contributed by atoms with Gasteiger partial charge in [-0.05, 0) is 0 Å². The smallest absolute Gasteiger partial charge is 0.158 e. The van der Waals surface area contributed by atoms with E-state index in [1.807, 2.05) is 6.07 Å². The summed E-state index contributed by atoms with van der Waals surface area (Å²) in [6.45, 7) is 0.664. The van der Waals surface area contributed by atoms with E-state index in [2.05, 4.69) is 21.2 Å². The minimum absolute atomic E-state index is 0.308. The van der Waals surface area contributed by atoms with Crippen molar-refractivity contribution in [2.75, 3.05) is 11.9 Å². The highest BCUT2D eigenvalue weighted by atomic mass is 15.0. The van der Waals surface area contributed by atoms with Crippen molar-refractivity contribution in [1.29, 1.82) is 5.26 Å². The number of terminal acetylenes is 1. The van der Waals surface area contributed by atoms with Crippen molar-refractivity contribution in [3.8, 4) is 18.4 Å². The van der Waals surface area contributed by atoms with Gasteiger partial charge in [0, 0.05) is 13.0 Å². The van der Waals surface area contributed by atoms with Gasteiger partial charge in [-0.3, -0.25) is 0 Å². The molecule has 64 valence electrons. The zero-order chi connectivity index (χ0) is 9.52. The lowest BCUT2D eigenvalue weighted by atomic mass is 10.4. The second kappa shape index (κ2) is 4.74. The maximum atomic E-state index is 8.44. The fourth-order valence-corrected chi connectivity index (χ4v) is 0.740. The van der Waals surface area contributed by atoms with Crippen LogP contribution in [0.5, 0.6) is 0 Å².